The lowest BCUT2D eigenvalue weighted by atomic mass is 10.3. The van der Waals surface area contributed by atoms with E-state index in [1.54, 1.807) is 0 Å². The maximum Gasteiger partial charge on any atom is 0.348 e. The van der Waals surface area contributed by atoms with Crippen LogP contribution in [0.25, 0.3) is 0 Å². The van der Waals surface area contributed by atoms with Crippen LogP contribution >= 0.6 is 22.9 Å². The summed E-state index contributed by atoms with van der Waals surface area (Å²) in [6.45, 7) is 0. The van der Waals surface area contributed by atoms with Gasteiger partial charge in [-0.15, -0.1) is 22.9 Å². The lowest BCUT2D eigenvalue weighted by Gasteiger charge is -2.01. The van der Waals surface area contributed by atoms with Gasteiger partial charge in [-0.2, -0.15) is 0 Å². The molecule has 0 unspecified atom stereocenters. The quantitative estimate of drug-likeness (QED) is 0.487. The molecule has 0 spiro atoms. The van der Waals surface area contributed by atoms with Crippen LogP contribution in [0, 0.1) is 10.1 Å². The van der Waals surface area contributed by atoms with Gasteiger partial charge in [-0.1, -0.05) is 0 Å². The van der Waals surface area contributed by atoms with Crippen molar-refractivity contribution in [3.05, 3.63) is 20.4 Å². The average Bonchev–Trinajstić information content (AvgIpc) is 2.61. The number of nitrogens with zero attached hydrogens (tertiary/aromatic N) is 1. The lowest BCUT2D eigenvalue weighted by Crippen LogP contribution is -2.15. The van der Waals surface area contributed by atoms with E-state index >= 15 is 0 Å². The van der Waals surface area contributed by atoms with Crippen LogP contribution in [0.4, 0.5) is 11.4 Å². The van der Waals surface area contributed by atoms with E-state index in [9.17, 15) is 19.7 Å². The summed E-state index contributed by atoms with van der Waals surface area (Å²) in [5, 5.41) is 22.4. The Balaban J connectivity index is 3.19. The molecule has 0 fully saturated rings. The van der Waals surface area contributed by atoms with Gasteiger partial charge in [0.05, 0.1) is 10.3 Å². The summed E-state index contributed by atoms with van der Waals surface area (Å²) < 4.78 is 0. The third kappa shape index (κ3) is 2.47. The summed E-state index contributed by atoms with van der Waals surface area (Å²) in [5.74, 6) is -2.46. The summed E-state index contributed by atoms with van der Waals surface area (Å²) in [4.78, 5) is 31.2. The molecule has 0 aliphatic rings. The van der Waals surface area contributed by atoms with Crippen LogP contribution in [0.1, 0.15) is 9.67 Å². The van der Waals surface area contributed by atoms with Crippen molar-refractivity contribution >= 4 is 46.2 Å². The van der Waals surface area contributed by atoms with Crippen molar-refractivity contribution in [2.75, 3.05) is 11.2 Å². The van der Waals surface area contributed by atoms with Gasteiger partial charge in [-0.3, -0.25) is 14.9 Å². The van der Waals surface area contributed by atoms with E-state index in [2.05, 4.69) is 5.32 Å². The number of nitrogens with one attached hydrogen (secondary N) is 1. The van der Waals surface area contributed by atoms with Crippen molar-refractivity contribution in [2.24, 2.45) is 0 Å². The molecular weight excluding hydrogens is 260 g/mol. The van der Waals surface area contributed by atoms with Gasteiger partial charge in [0.25, 0.3) is 0 Å². The van der Waals surface area contributed by atoms with Crippen molar-refractivity contribution in [2.45, 2.75) is 0 Å². The molecule has 0 radical (unpaired) electrons. The molecule has 0 bridgehead atoms. The summed E-state index contributed by atoms with van der Waals surface area (Å²) in [6.07, 6.45) is 0. The molecule has 16 heavy (non-hydrogen) atoms. The number of halogens is 1. The highest BCUT2D eigenvalue weighted by Gasteiger charge is 2.25. The van der Waals surface area contributed by atoms with Gasteiger partial charge in [0.15, 0.2) is 0 Å². The van der Waals surface area contributed by atoms with Crippen LogP contribution < -0.4 is 5.32 Å². The first-order valence-corrected chi connectivity index (χ1v) is 5.23. The number of carboxylic acid groups (broad SMARTS) is 1. The Kier molecular flexibility index (Phi) is 3.80. The Morgan fingerprint density at radius 3 is 2.69 bits per heavy atom. The number of aromatic carboxylic acids is 1. The van der Waals surface area contributed by atoms with E-state index in [0.717, 1.165) is 5.38 Å². The summed E-state index contributed by atoms with van der Waals surface area (Å²) >= 11 is 5.87. The second-order valence-electron chi connectivity index (χ2n) is 2.57. The Bertz CT molecular complexity index is 426. The van der Waals surface area contributed by atoms with Crippen molar-refractivity contribution in [3.63, 3.8) is 0 Å². The number of hydrogen-bond acceptors (Lipinski definition) is 5. The largest absolute Gasteiger partial charge is 0.477 e. The number of amides is 1. The van der Waals surface area contributed by atoms with E-state index in [1.165, 1.54) is 0 Å². The summed E-state index contributed by atoms with van der Waals surface area (Å²) in [5.41, 5.74) is -0.783. The van der Waals surface area contributed by atoms with Crippen molar-refractivity contribution in [1.29, 1.82) is 0 Å². The van der Waals surface area contributed by atoms with Crippen molar-refractivity contribution < 1.29 is 19.6 Å². The van der Waals surface area contributed by atoms with Gasteiger partial charge < -0.3 is 10.4 Å². The molecule has 9 heteroatoms. The van der Waals surface area contributed by atoms with E-state index in [0.29, 0.717) is 11.3 Å². The van der Waals surface area contributed by atoms with Crippen LogP contribution in [0.15, 0.2) is 5.38 Å². The highest BCUT2D eigenvalue weighted by atomic mass is 35.5. The Morgan fingerprint density at radius 2 is 2.25 bits per heavy atom. The molecule has 0 aliphatic heterocycles. The lowest BCUT2D eigenvalue weighted by molar-refractivity contribution is -0.383. The minimum absolute atomic E-state index is 0.301. The highest BCUT2D eigenvalue weighted by molar-refractivity contribution is 7.13. The molecule has 1 aromatic rings. The predicted octanol–water partition coefficient (Wildman–Crippen LogP) is 1.53. The van der Waals surface area contributed by atoms with Crippen LogP contribution in [0.2, 0.25) is 0 Å². The number of alkyl halides is 1. The number of thiophene rings is 1. The number of carbonyl (C=O) groups excluding carboxylic acids is 1. The standard InChI is InChI=1S/C7H5ClN2O5S/c8-1-4(11)9-5-3(10(14)15)2-16-6(5)7(12)13/h2H,1H2,(H,9,11)(H,12,13). The maximum atomic E-state index is 11.0. The third-order valence-electron chi connectivity index (χ3n) is 1.55. The zero-order chi connectivity index (χ0) is 12.3. The number of anilines is 1. The average molecular weight is 265 g/mol. The van der Waals surface area contributed by atoms with Crippen LogP contribution in [-0.2, 0) is 4.79 Å². The number of nitro groups is 1. The normalized spacial score (nSPS) is 9.81. The van der Waals surface area contributed by atoms with Gasteiger partial charge in [-0.05, 0) is 0 Å². The summed E-state index contributed by atoms with van der Waals surface area (Å²) in [7, 11) is 0. The fraction of sp³-hybridized carbons (Fsp3) is 0.143. The molecule has 1 amide bonds. The monoisotopic (exact) mass is 264 g/mol. The molecule has 2 N–H and O–H groups in total. The van der Waals surface area contributed by atoms with Crippen molar-refractivity contribution in [1.82, 2.24) is 0 Å². The first kappa shape index (κ1) is 12.4. The fourth-order valence-electron chi connectivity index (χ4n) is 0.934. The molecule has 7 nitrogen and oxygen atoms in total. The fourth-order valence-corrected chi connectivity index (χ4v) is 1.81. The third-order valence-corrected chi connectivity index (χ3v) is 2.75. The second-order valence-corrected chi connectivity index (χ2v) is 3.72. The molecule has 0 atom stereocenters. The SMILES string of the molecule is O=C(CCl)Nc1c([N+](=O)[O-])csc1C(=O)O. The predicted molar refractivity (Wildman–Crippen MR) is 57.3 cm³/mol. The Hall–Kier alpha value is -1.67. The first-order chi connectivity index (χ1) is 7.47. The highest BCUT2D eigenvalue weighted by Crippen LogP contribution is 2.34. The van der Waals surface area contributed by atoms with Gasteiger partial charge in [0, 0.05) is 0 Å². The molecular formula is C7H5ClN2O5S. The summed E-state index contributed by atoms with van der Waals surface area (Å²) in [6, 6.07) is 0. The minimum atomic E-state index is -1.34. The number of carbonyl (C=O) groups is 2. The van der Waals surface area contributed by atoms with Gasteiger partial charge >= 0.3 is 11.7 Å². The zero-order valence-corrected chi connectivity index (χ0v) is 9.17. The maximum absolute atomic E-state index is 11.0. The van der Waals surface area contributed by atoms with E-state index in [4.69, 9.17) is 16.7 Å². The molecule has 1 aromatic heterocycles. The molecule has 0 aliphatic carbocycles. The smallest absolute Gasteiger partial charge is 0.348 e. The van der Waals surface area contributed by atoms with E-state index < -0.39 is 28.4 Å². The van der Waals surface area contributed by atoms with Crippen LogP contribution in [0.5, 0.6) is 0 Å². The Labute approximate surface area is 97.8 Å². The van der Waals surface area contributed by atoms with Crippen LogP contribution in [-0.4, -0.2) is 27.8 Å². The molecule has 1 heterocycles. The van der Waals surface area contributed by atoms with Crippen molar-refractivity contribution in [3.8, 4) is 0 Å². The minimum Gasteiger partial charge on any atom is -0.477 e. The molecule has 0 aromatic carbocycles. The number of rotatable bonds is 4. The van der Waals surface area contributed by atoms with Gasteiger partial charge in [-0.25, -0.2) is 4.79 Å². The van der Waals surface area contributed by atoms with Gasteiger partial charge in [0.1, 0.15) is 16.4 Å². The van der Waals surface area contributed by atoms with Gasteiger partial charge in [0.2, 0.25) is 5.91 Å². The van der Waals surface area contributed by atoms with E-state index in [-0.39, 0.29) is 10.6 Å². The topological polar surface area (TPSA) is 110 Å². The van der Waals surface area contributed by atoms with E-state index in [1.807, 2.05) is 0 Å². The first-order valence-electron chi connectivity index (χ1n) is 3.82. The molecule has 1 rings (SSSR count). The molecule has 0 saturated heterocycles. The Morgan fingerprint density at radius 1 is 1.62 bits per heavy atom. The second kappa shape index (κ2) is 4.90. The number of carboxylic acids is 1. The zero-order valence-electron chi connectivity index (χ0n) is 7.60. The molecule has 0 saturated carbocycles. The molecule has 86 valence electrons. The number of hydrogen-bond donors (Lipinski definition) is 2. The van der Waals surface area contributed by atoms with Crippen LogP contribution in [0.3, 0.4) is 0 Å².